The molecule has 0 atom stereocenters. The van der Waals surface area contributed by atoms with Crippen molar-refractivity contribution in [3.8, 4) is 5.82 Å². The zero-order valence-corrected chi connectivity index (χ0v) is 17.1. The Bertz CT molecular complexity index is 803. The van der Waals surface area contributed by atoms with Gasteiger partial charge in [-0.3, -0.25) is 4.79 Å². The molecule has 1 aliphatic heterocycles. The largest absolute Gasteiger partial charge is 0.353 e. The number of anilines is 1. The first-order valence-electron chi connectivity index (χ1n) is 9.86. The fourth-order valence-corrected chi connectivity index (χ4v) is 3.72. The summed E-state index contributed by atoms with van der Waals surface area (Å²) < 4.78 is 1.86. The van der Waals surface area contributed by atoms with Gasteiger partial charge in [-0.05, 0) is 39.7 Å². The summed E-state index contributed by atoms with van der Waals surface area (Å²) in [6.07, 6.45) is 1.82. The summed E-state index contributed by atoms with van der Waals surface area (Å²) in [4.78, 5) is 26.0. The molecule has 2 aromatic rings. The van der Waals surface area contributed by atoms with Crippen LogP contribution < -0.4 is 4.90 Å². The number of carbonyl (C=O) groups excluding carboxylic acids is 1. The number of nitrogens with zero attached hydrogens (tertiary/aromatic N) is 6. The van der Waals surface area contributed by atoms with Gasteiger partial charge in [-0.1, -0.05) is 13.8 Å². The Morgan fingerprint density at radius 1 is 1.00 bits per heavy atom. The maximum absolute atomic E-state index is 12.6. The predicted octanol–water partition coefficient (Wildman–Crippen LogP) is 2.67. The van der Waals surface area contributed by atoms with Gasteiger partial charge in [0.1, 0.15) is 11.6 Å². The molecule has 3 heterocycles. The van der Waals surface area contributed by atoms with Crippen LogP contribution in [0.1, 0.15) is 43.9 Å². The van der Waals surface area contributed by atoms with E-state index in [4.69, 9.17) is 0 Å². The zero-order chi connectivity index (χ0) is 19.6. The molecule has 0 aliphatic carbocycles. The highest BCUT2D eigenvalue weighted by molar-refractivity contribution is 5.79. The number of hydrogen-bond donors (Lipinski definition) is 0. The topological polar surface area (TPSA) is 67.2 Å². The first-order valence-corrected chi connectivity index (χ1v) is 9.86. The van der Waals surface area contributed by atoms with Crippen LogP contribution in [0.2, 0.25) is 0 Å². The number of hydrogen-bond acceptors (Lipinski definition) is 5. The fraction of sp³-hybridized carbons (Fsp3) is 0.600. The van der Waals surface area contributed by atoms with Crippen LogP contribution in [-0.4, -0.2) is 56.7 Å². The van der Waals surface area contributed by atoms with Gasteiger partial charge >= 0.3 is 0 Å². The van der Waals surface area contributed by atoms with E-state index in [1.807, 2.05) is 42.5 Å². The molecule has 27 heavy (non-hydrogen) atoms. The molecule has 146 valence electrons. The van der Waals surface area contributed by atoms with Crippen LogP contribution in [0, 0.1) is 26.7 Å². The maximum atomic E-state index is 12.6. The van der Waals surface area contributed by atoms with Crippen molar-refractivity contribution < 1.29 is 4.79 Å². The molecule has 0 unspecified atom stereocenters. The molecule has 0 saturated carbocycles. The van der Waals surface area contributed by atoms with E-state index in [1.165, 1.54) is 0 Å². The molecule has 0 aromatic carbocycles. The van der Waals surface area contributed by atoms with Gasteiger partial charge in [-0.2, -0.15) is 5.10 Å². The minimum absolute atomic E-state index is 0.149. The van der Waals surface area contributed by atoms with E-state index in [9.17, 15) is 4.79 Å². The lowest BCUT2D eigenvalue weighted by molar-refractivity contribution is -0.136. The summed E-state index contributed by atoms with van der Waals surface area (Å²) in [5.74, 6) is 2.86. The van der Waals surface area contributed by atoms with Crippen LogP contribution in [0.15, 0.2) is 12.1 Å². The van der Waals surface area contributed by atoms with Crippen molar-refractivity contribution in [1.82, 2.24) is 24.6 Å². The zero-order valence-electron chi connectivity index (χ0n) is 17.1. The molecule has 0 bridgehead atoms. The molecule has 3 rings (SSSR count). The minimum Gasteiger partial charge on any atom is -0.353 e. The molecule has 1 amide bonds. The van der Waals surface area contributed by atoms with Crippen molar-refractivity contribution in [2.45, 2.75) is 47.5 Å². The van der Waals surface area contributed by atoms with Crippen LogP contribution in [-0.2, 0) is 4.79 Å². The third-order valence-corrected chi connectivity index (χ3v) is 5.29. The summed E-state index contributed by atoms with van der Waals surface area (Å²) in [6, 6.07) is 4.03. The van der Waals surface area contributed by atoms with Crippen molar-refractivity contribution in [3.63, 3.8) is 0 Å². The molecule has 2 aromatic heterocycles. The van der Waals surface area contributed by atoms with E-state index in [0.29, 0.717) is 5.91 Å². The van der Waals surface area contributed by atoms with E-state index in [0.717, 1.165) is 67.9 Å². The summed E-state index contributed by atoms with van der Waals surface area (Å²) in [5.41, 5.74) is 2.02. The second kappa shape index (κ2) is 8.06. The molecular weight excluding hydrogens is 340 g/mol. The smallest absolute Gasteiger partial charge is 0.225 e. The lowest BCUT2D eigenvalue weighted by Gasteiger charge is -2.37. The van der Waals surface area contributed by atoms with E-state index in [1.54, 1.807) is 0 Å². The lowest BCUT2D eigenvalue weighted by atomic mass is 10.0. The molecule has 0 N–H and O–H groups in total. The Labute approximate surface area is 161 Å². The third-order valence-electron chi connectivity index (χ3n) is 5.29. The van der Waals surface area contributed by atoms with Crippen molar-refractivity contribution in [1.29, 1.82) is 0 Å². The van der Waals surface area contributed by atoms with E-state index >= 15 is 0 Å². The van der Waals surface area contributed by atoms with Gasteiger partial charge in [0.05, 0.1) is 5.69 Å². The Morgan fingerprint density at radius 2 is 1.63 bits per heavy atom. The van der Waals surface area contributed by atoms with Gasteiger partial charge in [-0.15, -0.1) is 0 Å². The minimum atomic E-state index is 0.149. The summed E-state index contributed by atoms with van der Waals surface area (Å²) >= 11 is 0. The summed E-state index contributed by atoms with van der Waals surface area (Å²) in [6.45, 7) is 13.2. The van der Waals surface area contributed by atoms with Crippen molar-refractivity contribution in [2.24, 2.45) is 5.92 Å². The number of carbonyl (C=O) groups is 1. The number of aryl methyl sites for hydroxylation is 3. The van der Waals surface area contributed by atoms with E-state index < -0.39 is 0 Å². The Morgan fingerprint density at radius 3 is 2.19 bits per heavy atom. The van der Waals surface area contributed by atoms with Crippen LogP contribution in [0.3, 0.4) is 0 Å². The Balaban J connectivity index is 1.75. The lowest BCUT2D eigenvalue weighted by Crippen LogP contribution is -2.50. The highest BCUT2D eigenvalue weighted by atomic mass is 16.2. The van der Waals surface area contributed by atoms with Gasteiger partial charge in [-0.25, -0.2) is 14.6 Å². The van der Waals surface area contributed by atoms with E-state index in [-0.39, 0.29) is 5.92 Å². The SMILES string of the molecule is CCC(CC)C(=O)N1CCN(c2cc(-n3nc(C)cc3C)nc(C)n2)CC1. The van der Waals surface area contributed by atoms with Crippen LogP contribution in [0.25, 0.3) is 5.82 Å². The van der Waals surface area contributed by atoms with E-state index in [2.05, 4.69) is 33.8 Å². The van der Waals surface area contributed by atoms with Crippen molar-refractivity contribution >= 4 is 11.7 Å². The number of piperazine rings is 1. The van der Waals surface area contributed by atoms with Gasteiger partial charge in [0.2, 0.25) is 5.91 Å². The first-order chi connectivity index (χ1) is 12.9. The highest BCUT2D eigenvalue weighted by Gasteiger charge is 2.26. The van der Waals surface area contributed by atoms with Crippen molar-refractivity contribution in [2.75, 3.05) is 31.1 Å². The number of aromatic nitrogens is 4. The Hall–Kier alpha value is -2.44. The van der Waals surface area contributed by atoms with Crippen molar-refractivity contribution in [3.05, 3.63) is 29.3 Å². The molecule has 7 heteroatoms. The van der Waals surface area contributed by atoms with Gasteiger partial charge in [0, 0.05) is 43.9 Å². The van der Waals surface area contributed by atoms with Gasteiger partial charge in [0.25, 0.3) is 0 Å². The molecule has 1 fully saturated rings. The number of rotatable bonds is 5. The summed E-state index contributed by atoms with van der Waals surface area (Å²) in [7, 11) is 0. The highest BCUT2D eigenvalue weighted by Crippen LogP contribution is 2.20. The standard InChI is InChI=1S/C20H30N6O/c1-6-17(7-2)20(27)25-10-8-24(9-11-25)18-13-19(22-16(5)21-18)26-15(4)12-14(3)23-26/h12-13,17H,6-11H2,1-5H3. The van der Waals surface area contributed by atoms with Crippen LogP contribution >= 0.6 is 0 Å². The monoisotopic (exact) mass is 370 g/mol. The second-order valence-electron chi connectivity index (χ2n) is 7.30. The molecular formula is C20H30N6O. The summed E-state index contributed by atoms with van der Waals surface area (Å²) in [5, 5.41) is 4.54. The average Bonchev–Trinajstić information content (AvgIpc) is 3.00. The second-order valence-corrected chi connectivity index (χ2v) is 7.30. The van der Waals surface area contributed by atoms with Crippen LogP contribution in [0.4, 0.5) is 5.82 Å². The normalized spacial score (nSPS) is 14.9. The predicted molar refractivity (Wildman–Crippen MR) is 106 cm³/mol. The molecule has 0 spiro atoms. The third kappa shape index (κ3) is 4.12. The molecule has 1 saturated heterocycles. The quantitative estimate of drug-likeness (QED) is 0.809. The average molecular weight is 371 g/mol. The first kappa shape index (κ1) is 19.3. The van der Waals surface area contributed by atoms with Crippen LogP contribution in [0.5, 0.6) is 0 Å². The van der Waals surface area contributed by atoms with Gasteiger partial charge < -0.3 is 9.80 Å². The van der Waals surface area contributed by atoms with Gasteiger partial charge in [0.15, 0.2) is 5.82 Å². The molecule has 7 nitrogen and oxygen atoms in total. The number of amides is 1. The Kier molecular flexibility index (Phi) is 5.77. The fourth-order valence-electron chi connectivity index (χ4n) is 3.72. The molecule has 0 radical (unpaired) electrons. The molecule has 1 aliphatic rings. The maximum Gasteiger partial charge on any atom is 0.225 e.